The van der Waals surface area contributed by atoms with Crippen LogP contribution in [0.2, 0.25) is 0 Å². The lowest BCUT2D eigenvalue weighted by atomic mass is 9.97. The van der Waals surface area contributed by atoms with Gasteiger partial charge in [0.2, 0.25) is 0 Å². The number of hydrogen-bond acceptors (Lipinski definition) is 5. The Kier molecular flexibility index (Phi) is 5.65. The number of aryl methyl sites for hydroxylation is 1. The normalized spacial score (nSPS) is 14.6. The molecular weight excluding hydrogens is 432 g/mol. The van der Waals surface area contributed by atoms with Crippen LogP contribution in [0.25, 0.3) is 16.7 Å². The summed E-state index contributed by atoms with van der Waals surface area (Å²) in [5, 5.41) is 0.409. The second-order valence-electron chi connectivity index (χ2n) is 8.78. The van der Waals surface area contributed by atoms with Crippen LogP contribution in [0.4, 0.5) is 0 Å². The third kappa shape index (κ3) is 3.85. The van der Waals surface area contributed by atoms with Gasteiger partial charge in [-0.25, -0.2) is 4.98 Å². The van der Waals surface area contributed by atoms with E-state index in [9.17, 15) is 14.4 Å². The number of carbonyl (C=O) groups excluding carboxylic acids is 2. The van der Waals surface area contributed by atoms with E-state index in [4.69, 9.17) is 9.72 Å². The fourth-order valence-electron chi connectivity index (χ4n) is 4.66. The van der Waals surface area contributed by atoms with Crippen LogP contribution < -0.4 is 5.56 Å². The van der Waals surface area contributed by atoms with Gasteiger partial charge < -0.3 is 14.2 Å². The van der Waals surface area contributed by atoms with Gasteiger partial charge in [-0.2, -0.15) is 0 Å². The van der Waals surface area contributed by atoms with Gasteiger partial charge in [-0.1, -0.05) is 36.4 Å². The fraction of sp³-hybridized carbons (Fsp3) is 0.308. The molecular formula is C26H26N4O4. The first-order valence-electron chi connectivity index (χ1n) is 11.4. The van der Waals surface area contributed by atoms with E-state index in [1.165, 1.54) is 11.5 Å². The summed E-state index contributed by atoms with van der Waals surface area (Å²) in [6.07, 6.45) is 2.88. The summed E-state index contributed by atoms with van der Waals surface area (Å²) < 4.78 is 8.23. The van der Waals surface area contributed by atoms with Crippen LogP contribution in [0.5, 0.6) is 0 Å². The van der Waals surface area contributed by atoms with Gasteiger partial charge in [-0.05, 0) is 43.0 Å². The van der Waals surface area contributed by atoms with Crippen LogP contribution in [0.3, 0.4) is 0 Å². The van der Waals surface area contributed by atoms with Crippen molar-refractivity contribution in [3.63, 3.8) is 0 Å². The lowest BCUT2D eigenvalue weighted by Crippen LogP contribution is -2.41. The van der Waals surface area contributed by atoms with Crippen molar-refractivity contribution in [3.8, 4) is 0 Å². The number of benzene rings is 1. The van der Waals surface area contributed by atoms with Crippen LogP contribution >= 0.6 is 0 Å². The number of methoxy groups -OCH3 is 1. The van der Waals surface area contributed by atoms with Crippen molar-refractivity contribution in [1.82, 2.24) is 18.9 Å². The molecule has 1 saturated heterocycles. The molecule has 3 aromatic heterocycles. The van der Waals surface area contributed by atoms with Crippen LogP contribution in [0.1, 0.15) is 34.5 Å². The number of piperidine rings is 1. The first-order valence-corrected chi connectivity index (χ1v) is 11.4. The summed E-state index contributed by atoms with van der Waals surface area (Å²) in [4.78, 5) is 45.4. The lowest BCUT2D eigenvalue weighted by molar-refractivity contribution is -0.146. The predicted molar refractivity (Wildman–Crippen MR) is 128 cm³/mol. The number of ether oxygens (including phenoxy) is 1. The molecule has 0 bridgehead atoms. The summed E-state index contributed by atoms with van der Waals surface area (Å²) in [7, 11) is 1.39. The summed E-state index contributed by atoms with van der Waals surface area (Å²) in [6.45, 7) is 3.25. The number of aromatic nitrogens is 3. The van der Waals surface area contributed by atoms with Gasteiger partial charge in [0.05, 0.1) is 18.4 Å². The monoisotopic (exact) mass is 458 g/mol. The van der Waals surface area contributed by atoms with Crippen molar-refractivity contribution < 1.29 is 14.3 Å². The number of nitrogens with zero attached hydrogens (tertiary/aromatic N) is 4. The molecule has 4 heterocycles. The Morgan fingerprint density at radius 1 is 1.09 bits per heavy atom. The van der Waals surface area contributed by atoms with E-state index in [0.29, 0.717) is 54.9 Å². The lowest BCUT2D eigenvalue weighted by Gasteiger charge is -2.31. The number of pyridine rings is 1. The molecule has 34 heavy (non-hydrogen) atoms. The van der Waals surface area contributed by atoms with E-state index in [2.05, 4.69) is 0 Å². The van der Waals surface area contributed by atoms with Gasteiger partial charge in [0.15, 0.2) is 0 Å². The van der Waals surface area contributed by atoms with Crippen LogP contribution in [0, 0.1) is 12.8 Å². The smallest absolute Gasteiger partial charge is 0.308 e. The van der Waals surface area contributed by atoms with E-state index < -0.39 is 0 Å². The van der Waals surface area contributed by atoms with Gasteiger partial charge in [0.1, 0.15) is 17.0 Å². The van der Waals surface area contributed by atoms with Crippen molar-refractivity contribution in [2.45, 2.75) is 26.3 Å². The summed E-state index contributed by atoms with van der Waals surface area (Å²) in [5.41, 5.74) is 3.20. The Labute approximate surface area is 196 Å². The van der Waals surface area contributed by atoms with Crippen LogP contribution in [-0.2, 0) is 16.1 Å². The van der Waals surface area contributed by atoms with Gasteiger partial charge in [-0.3, -0.25) is 18.8 Å². The maximum absolute atomic E-state index is 13.6. The van der Waals surface area contributed by atoms with Gasteiger partial charge in [0, 0.05) is 25.8 Å². The first-order chi connectivity index (χ1) is 16.5. The molecule has 0 aliphatic carbocycles. The van der Waals surface area contributed by atoms with Crippen molar-refractivity contribution in [1.29, 1.82) is 0 Å². The minimum atomic E-state index is -0.232. The molecule has 4 aromatic rings. The molecule has 1 aromatic carbocycles. The molecule has 1 aliphatic heterocycles. The third-order valence-corrected chi connectivity index (χ3v) is 6.53. The Hall–Kier alpha value is -3.94. The zero-order chi connectivity index (χ0) is 23.8. The largest absolute Gasteiger partial charge is 0.469 e. The van der Waals surface area contributed by atoms with E-state index >= 15 is 0 Å². The highest BCUT2D eigenvalue weighted by molar-refractivity contribution is 5.98. The van der Waals surface area contributed by atoms with Crippen molar-refractivity contribution in [2.24, 2.45) is 5.92 Å². The number of esters is 1. The minimum Gasteiger partial charge on any atom is -0.469 e. The highest BCUT2D eigenvalue weighted by Gasteiger charge is 2.30. The van der Waals surface area contributed by atoms with Gasteiger partial charge >= 0.3 is 5.97 Å². The predicted octanol–water partition coefficient (Wildman–Crippen LogP) is 3.03. The molecule has 1 aliphatic rings. The molecule has 0 spiro atoms. The molecule has 174 valence electrons. The maximum atomic E-state index is 13.6. The molecule has 0 unspecified atom stereocenters. The van der Waals surface area contributed by atoms with E-state index in [0.717, 1.165) is 11.1 Å². The number of likely N-dealkylation sites (tertiary alicyclic amines) is 1. The Balaban J connectivity index is 1.60. The second-order valence-corrected chi connectivity index (χ2v) is 8.78. The summed E-state index contributed by atoms with van der Waals surface area (Å²) in [6, 6.07) is 15.2. The van der Waals surface area contributed by atoms with Crippen LogP contribution in [-0.4, -0.2) is 50.9 Å². The Morgan fingerprint density at radius 3 is 2.53 bits per heavy atom. The number of hydrogen-bond donors (Lipinski definition) is 0. The van der Waals surface area contributed by atoms with E-state index in [-0.39, 0.29) is 23.4 Å². The average Bonchev–Trinajstić information content (AvgIpc) is 3.22. The molecule has 1 fully saturated rings. The Bertz CT molecular complexity index is 1450. The maximum Gasteiger partial charge on any atom is 0.308 e. The molecule has 0 radical (unpaired) electrons. The summed E-state index contributed by atoms with van der Waals surface area (Å²) in [5.74, 6) is -0.588. The zero-order valence-electron chi connectivity index (χ0n) is 19.2. The molecule has 1 amide bonds. The average molecular weight is 459 g/mol. The second kappa shape index (κ2) is 8.78. The first kappa shape index (κ1) is 21.9. The molecule has 8 nitrogen and oxygen atoms in total. The zero-order valence-corrected chi connectivity index (χ0v) is 19.2. The van der Waals surface area contributed by atoms with Gasteiger partial charge in [0.25, 0.3) is 11.5 Å². The number of carbonyl (C=O) groups is 2. The highest BCUT2D eigenvalue weighted by atomic mass is 16.5. The quantitative estimate of drug-likeness (QED) is 0.439. The van der Waals surface area contributed by atoms with Crippen molar-refractivity contribution in [2.75, 3.05) is 20.2 Å². The number of amides is 1. The SMILES string of the molecule is COC(=O)C1CCN(C(=O)c2cc3c(=O)n4cc(C)ccc4nc3n2Cc2ccccc2)CC1. The number of fused-ring (bicyclic) bond motifs is 2. The summed E-state index contributed by atoms with van der Waals surface area (Å²) >= 11 is 0. The third-order valence-electron chi connectivity index (χ3n) is 6.53. The molecule has 5 rings (SSSR count). The molecule has 8 heteroatoms. The van der Waals surface area contributed by atoms with Gasteiger partial charge in [-0.15, -0.1) is 0 Å². The van der Waals surface area contributed by atoms with Crippen molar-refractivity contribution in [3.05, 3.63) is 81.9 Å². The molecule has 0 N–H and O–H groups in total. The standard InChI is InChI=1S/C26H26N4O4/c1-17-8-9-22-27-23-20(24(31)30(22)15-17)14-21(29(23)16-18-6-4-3-5-7-18)25(32)28-12-10-19(11-13-28)26(33)34-2/h3-9,14-15,19H,10-13,16H2,1-2H3. The fourth-order valence-corrected chi connectivity index (χ4v) is 4.66. The van der Waals surface area contributed by atoms with Crippen LogP contribution in [0.15, 0.2) is 59.5 Å². The molecule has 0 saturated carbocycles. The minimum absolute atomic E-state index is 0.165. The van der Waals surface area contributed by atoms with E-state index in [1.54, 1.807) is 17.2 Å². The highest BCUT2D eigenvalue weighted by Crippen LogP contribution is 2.24. The molecule has 0 atom stereocenters. The number of rotatable bonds is 4. The topological polar surface area (TPSA) is 85.9 Å². The van der Waals surface area contributed by atoms with E-state index in [1.807, 2.05) is 54.0 Å². The van der Waals surface area contributed by atoms with Crippen molar-refractivity contribution >= 4 is 28.6 Å². The Morgan fingerprint density at radius 2 is 1.82 bits per heavy atom.